The fourth-order valence-corrected chi connectivity index (χ4v) is 1.90. The molecule has 4 nitrogen and oxygen atoms in total. The zero-order valence-corrected chi connectivity index (χ0v) is 12.8. The molecule has 1 unspecified atom stereocenters. The number of hydrogen-bond donors (Lipinski definition) is 2. The summed E-state index contributed by atoms with van der Waals surface area (Å²) in [5.74, 6) is -0.223. The van der Waals surface area contributed by atoms with Crippen molar-refractivity contribution in [2.24, 2.45) is 5.92 Å². The molecule has 0 saturated carbocycles. The maximum absolute atomic E-state index is 11.9. The summed E-state index contributed by atoms with van der Waals surface area (Å²) in [6.07, 6.45) is 4.07. The highest BCUT2D eigenvalue weighted by Crippen LogP contribution is 2.51. The van der Waals surface area contributed by atoms with Gasteiger partial charge in [0.25, 0.3) is 0 Å². The zero-order chi connectivity index (χ0) is 14.6. The molecular weight excluding hydrogens is 251 g/mol. The molecule has 106 valence electrons. The van der Waals surface area contributed by atoms with Crippen molar-refractivity contribution < 1.29 is 19.1 Å². The molecule has 2 N–H and O–H groups in total. The predicted octanol–water partition coefficient (Wildman–Crippen LogP) is 3.28. The Morgan fingerprint density at radius 1 is 1.33 bits per heavy atom. The number of hydrogen-bond acceptors (Lipinski definition) is 2. The number of carbonyl (C=O) groups is 1. The van der Waals surface area contributed by atoms with Gasteiger partial charge in [0.1, 0.15) is 5.16 Å². The molecule has 0 heterocycles. The molecule has 0 aromatic carbocycles. The van der Waals surface area contributed by atoms with Crippen LogP contribution in [-0.2, 0) is 9.36 Å². The van der Waals surface area contributed by atoms with Gasteiger partial charge >= 0.3 is 7.60 Å². The van der Waals surface area contributed by atoms with E-state index in [0.717, 1.165) is 12.8 Å². The molecule has 5 heteroatoms. The number of Topliss-reactive ketones (excluding diaryl/α,β-unsaturated/α-hetero) is 1. The lowest BCUT2D eigenvalue weighted by molar-refractivity contribution is -0.122. The van der Waals surface area contributed by atoms with E-state index in [-0.39, 0.29) is 18.1 Å². The fourth-order valence-electron chi connectivity index (χ4n) is 1.49. The van der Waals surface area contributed by atoms with Crippen molar-refractivity contribution in [3.05, 3.63) is 11.6 Å². The molecule has 0 aliphatic carbocycles. The summed E-state index contributed by atoms with van der Waals surface area (Å²) >= 11 is 0. The molecule has 0 aliphatic heterocycles. The van der Waals surface area contributed by atoms with Gasteiger partial charge in [-0.2, -0.15) is 0 Å². The van der Waals surface area contributed by atoms with Gasteiger partial charge in [0.05, 0.1) is 0 Å². The number of carbonyl (C=O) groups excluding carboxylic acids is 1. The molecule has 1 atom stereocenters. The monoisotopic (exact) mass is 276 g/mol. The number of ketones is 1. The maximum Gasteiger partial charge on any atom is 0.338 e. The van der Waals surface area contributed by atoms with E-state index < -0.39 is 12.8 Å². The highest BCUT2D eigenvalue weighted by Gasteiger charge is 2.44. The van der Waals surface area contributed by atoms with E-state index in [1.165, 1.54) is 19.4 Å². The summed E-state index contributed by atoms with van der Waals surface area (Å²) in [7, 11) is -4.38. The minimum atomic E-state index is -4.38. The van der Waals surface area contributed by atoms with Gasteiger partial charge in [0.15, 0.2) is 5.78 Å². The molecule has 0 aromatic heterocycles. The second-order valence-electron chi connectivity index (χ2n) is 5.69. The smallest absolute Gasteiger partial charge is 0.324 e. The van der Waals surface area contributed by atoms with Gasteiger partial charge in [-0.3, -0.25) is 9.36 Å². The lowest BCUT2D eigenvalue weighted by Crippen LogP contribution is -2.32. The van der Waals surface area contributed by atoms with E-state index in [1.807, 2.05) is 20.8 Å². The van der Waals surface area contributed by atoms with Gasteiger partial charge in [0, 0.05) is 6.42 Å². The normalized spacial score (nSPS) is 14.2. The van der Waals surface area contributed by atoms with Gasteiger partial charge in [-0.1, -0.05) is 18.6 Å². The van der Waals surface area contributed by atoms with E-state index >= 15 is 0 Å². The maximum atomic E-state index is 11.9. The Kier molecular flexibility index (Phi) is 6.48. The Bertz CT molecular complexity index is 361. The quantitative estimate of drug-likeness (QED) is 0.552. The van der Waals surface area contributed by atoms with Gasteiger partial charge < -0.3 is 9.79 Å². The van der Waals surface area contributed by atoms with Crippen molar-refractivity contribution in [3.63, 3.8) is 0 Å². The molecule has 0 spiro atoms. The van der Waals surface area contributed by atoms with Crippen LogP contribution in [0.2, 0.25) is 0 Å². The van der Waals surface area contributed by atoms with Gasteiger partial charge in [0.2, 0.25) is 0 Å². The SMILES string of the molecule is CC(C)=CCCC(C)CC(=O)C(C)(C)P(=O)(O)O. The van der Waals surface area contributed by atoms with E-state index in [2.05, 4.69) is 6.08 Å². The topological polar surface area (TPSA) is 74.6 Å². The van der Waals surface area contributed by atoms with Crippen molar-refractivity contribution in [1.82, 2.24) is 0 Å². The number of allylic oxidation sites excluding steroid dienone is 2. The van der Waals surface area contributed by atoms with Gasteiger partial charge in [-0.05, 0) is 46.5 Å². The zero-order valence-electron chi connectivity index (χ0n) is 11.9. The largest absolute Gasteiger partial charge is 0.338 e. The third kappa shape index (κ3) is 5.47. The molecule has 0 saturated heterocycles. The van der Waals surface area contributed by atoms with Crippen LogP contribution >= 0.6 is 7.60 Å². The van der Waals surface area contributed by atoms with Crippen LogP contribution in [0.3, 0.4) is 0 Å². The summed E-state index contributed by atoms with van der Waals surface area (Å²) in [6, 6.07) is 0. The van der Waals surface area contributed by atoms with Crippen LogP contribution in [0, 0.1) is 5.92 Å². The Hall–Kier alpha value is -0.440. The average Bonchev–Trinajstić information content (AvgIpc) is 2.14. The molecular formula is C13H25O4P. The first-order chi connectivity index (χ1) is 7.98. The van der Waals surface area contributed by atoms with Crippen LogP contribution in [0.25, 0.3) is 0 Å². The van der Waals surface area contributed by atoms with E-state index in [1.54, 1.807) is 0 Å². The highest BCUT2D eigenvalue weighted by atomic mass is 31.2. The van der Waals surface area contributed by atoms with Crippen molar-refractivity contribution in [1.29, 1.82) is 0 Å². The molecule has 0 aromatic rings. The second kappa shape index (κ2) is 6.65. The summed E-state index contributed by atoms with van der Waals surface area (Å²) < 4.78 is 11.2. The van der Waals surface area contributed by atoms with Crippen LogP contribution in [0.1, 0.15) is 53.9 Å². The molecule has 0 fully saturated rings. The first kappa shape index (κ1) is 17.6. The van der Waals surface area contributed by atoms with E-state index in [4.69, 9.17) is 9.79 Å². The molecule has 0 amide bonds. The second-order valence-corrected chi connectivity index (χ2v) is 7.90. The molecule has 18 heavy (non-hydrogen) atoms. The molecule has 0 aliphatic rings. The minimum absolute atomic E-state index is 0.138. The number of rotatable bonds is 7. The summed E-state index contributed by atoms with van der Waals surface area (Å²) in [5.41, 5.74) is 1.24. The Morgan fingerprint density at radius 3 is 2.22 bits per heavy atom. The Morgan fingerprint density at radius 2 is 1.83 bits per heavy atom. The van der Waals surface area contributed by atoms with Gasteiger partial charge in [-0.25, -0.2) is 0 Å². The summed E-state index contributed by atoms with van der Waals surface area (Å²) in [5, 5.41) is -1.57. The standard InChI is InChI=1S/C13H25O4P/c1-10(2)7-6-8-11(3)9-12(14)13(4,5)18(15,16)17/h7,11H,6,8-9H2,1-5H3,(H2,15,16,17). The lowest BCUT2D eigenvalue weighted by atomic mass is 9.93. The van der Waals surface area contributed by atoms with Crippen LogP contribution < -0.4 is 0 Å². The molecule has 0 radical (unpaired) electrons. The minimum Gasteiger partial charge on any atom is -0.324 e. The third-order valence-corrected chi connectivity index (χ3v) is 4.86. The predicted molar refractivity (Wildman–Crippen MR) is 73.6 cm³/mol. The lowest BCUT2D eigenvalue weighted by Gasteiger charge is -2.25. The van der Waals surface area contributed by atoms with Crippen molar-refractivity contribution in [3.8, 4) is 0 Å². The Labute approximate surface area is 110 Å². The third-order valence-electron chi connectivity index (χ3n) is 3.16. The average molecular weight is 276 g/mol. The van der Waals surface area contributed by atoms with Crippen LogP contribution in [0.15, 0.2) is 11.6 Å². The first-order valence-electron chi connectivity index (χ1n) is 6.20. The van der Waals surface area contributed by atoms with E-state index in [9.17, 15) is 9.36 Å². The van der Waals surface area contributed by atoms with Crippen molar-refractivity contribution in [2.75, 3.05) is 0 Å². The molecule has 0 bridgehead atoms. The van der Waals surface area contributed by atoms with Crippen LogP contribution in [0.5, 0.6) is 0 Å². The highest BCUT2D eigenvalue weighted by molar-refractivity contribution is 7.54. The van der Waals surface area contributed by atoms with E-state index in [0.29, 0.717) is 0 Å². The van der Waals surface area contributed by atoms with Crippen molar-refractivity contribution in [2.45, 2.75) is 59.0 Å². The van der Waals surface area contributed by atoms with Crippen LogP contribution in [-0.4, -0.2) is 20.7 Å². The van der Waals surface area contributed by atoms with Gasteiger partial charge in [-0.15, -0.1) is 0 Å². The Balaban J connectivity index is 4.41. The van der Waals surface area contributed by atoms with Crippen LogP contribution in [0.4, 0.5) is 0 Å². The molecule has 0 rings (SSSR count). The fraction of sp³-hybridized carbons (Fsp3) is 0.769. The summed E-state index contributed by atoms with van der Waals surface area (Å²) in [6.45, 7) is 8.61. The van der Waals surface area contributed by atoms with Crippen molar-refractivity contribution >= 4 is 13.4 Å². The summed E-state index contributed by atoms with van der Waals surface area (Å²) in [4.78, 5) is 30.2. The first-order valence-corrected chi connectivity index (χ1v) is 7.82.